The van der Waals surface area contributed by atoms with E-state index in [2.05, 4.69) is 6.92 Å². The monoisotopic (exact) mass is 198 g/mol. The highest BCUT2D eigenvalue weighted by atomic mass is 16.2. The van der Waals surface area contributed by atoms with Gasteiger partial charge in [0.25, 0.3) is 0 Å². The van der Waals surface area contributed by atoms with E-state index >= 15 is 0 Å². The number of nitrogens with zero attached hydrogens (tertiary/aromatic N) is 1. The summed E-state index contributed by atoms with van der Waals surface area (Å²) in [6.45, 7) is 2.59. The fourth-order valence-electron chi connectivity index (χ4n) is 1.93. The standard InChI is InChI=1S/C11H22N2O/c1-3-5-9(8-12)11(14)13(2)10-6-4-7-10/h9-10H,3-8,12H2,1-2H3. The molecule has 0 aromatic rings. The van der Waals surface area contributed by atoms with Crippen LogP contribution < -0.4 is 5.73 Å². The second kappa shape index (κ2) is 5.35. The van der Waals surface area contributed by atoms with Gasteiger partial charge in [-0.3, -0.25) is 4.79 Å². The molecule has 1 rings (SSSR count). The lowest BCUT2D eigenvalue weighted by Gasteiger charge is -2.36. The third-order valence-electron chi connectivity index (χ3n) is 3.24. The van der Waals surface area contributed by atoms with Crippen LogP contribution in [0.1, 0.15) is 39.0 Å². The zero-order valence-corrected chi connectivity index (χ0v) is 9.33. The number of amides is 1. The van der Waals surface area contributed by atoms with E-state index in [0.29, 0.717) is 12.6 Å². The number of rotatable bonds is 5. The molecule has 3 nitrogen and oxygen atoms in total. The second-order valence-electron chi connectivity index (χ2n) is 4.26. The number of carbonyl (C=O) groups excluding carboxylic acids is 1. The summed E-state index contributed by atoms with van der Waals surface area (Å²) in [6.07, 6.45) is 5.57. The van der Waals surface area contributed by atoms with Crippen molar-refractivity contribution in [3.05, 3.63) is 0 Å². The number of nitrogens with two attached hydrogens (primary N) is 1. The van der Waals surface area contributed by atoms with Gasteiger partial charge < -0.3 is 10.6 Å². The first-order valence-electron chi connectivity index (χ1n) is 5.67. The molecule has 1 aliphatic rings. The highest BCUT2D eigenvalue weighted by molar-refractivity contribution is 5.79. The second-order valence-corrected chi connectivity index (χ2v) is 4.26. The molecule has 82 valence electrons. The van der Waals surface area contributed by atoms with E-state index in [0.717, 1.165) is 12.8 Å². The van der Waals surface area contributed by atoms with Crippen molar-refractivity contribution in [1.29, 1.82) is 0 Å². The molecule has 3 heteroatoms. The first-order chi connectivity index (χ1) is 6.70. The maximum atomic E-state index is 11.9. The lowest BCUT2D eigenvalue weighted by Crippen LogP contribution is -2.45. The van der Waals surface area contributed by atoms with Crippen LogP contribution in [0.15, 0.2) is 0 Å². The minimum absolute atomic E-state index is 0.0469. The predicted octanol–water partition coefficient (Wildman–Crippen LogP) is 1.37. The van der Waals surface area contributed by atoms with E-state index < -0.39 is 0 Å². The van der Waals surface area contributed by atoms with Crippen LogP contribution in [0, 0.1) is 5.92 Å². The summed E-state index contributed by atoms with van der Waals surface area (Å²) in [5.41, 5.74) is 5.61. The van der Waals surface area contributed by atoms with Crippen LogP contribution in [0.3, 0.4) is 0 Å². The van der Waals surface area contributed by atoms with Gasteiger partial charge >= 0.3 is 0 Å². The minimum Gasteiger partial charge on any atom is -0.342 e. The fraction of sp³-hybridized carbons (Fsp3) is 0.909. The van der Waals surface area contributed by atoms with Crippen molar-refractivity contribution in [2.45, 2.75) is 45.1 Å². The zero-order chi connectivity index (χ0) is 10.6. The molecule has 1 fully saturated rings. The third kappa shape index (κ3) is 2.47. The maximum absolute atomic E-state index is 11.9. The van der Waals surface area contributed by atoms with E-state index in [1.807, 2.05) is 11.9 Å². The molecule has 0 heterocycles. The Morgan fingerprint density at radius 3 is 2.57 bits per heavy atom. The molecule has 1 unspecified atom stereocenters. The number of carbonyl (C=O) groups is 1. The van der Waals surface area contributed by atoms with Gasteiger partial charge in [0.1, 0.15) is 0 Å². The van der Waals surface area contributed by atoms with Crippen LogP contribution in [-0.2, 0) is 4.79 Å². The lowest BCUT2D eigenvalue weighted by atomic mass is 9.90. The highest BCUT2D eigenvalue weighted by Crippen LogP contribution is 2.25. The van der Waals surface area contributed by atoms with Crippen LogP contribution in [0.5, 0.6) is 0 Å². The lowest BCUT2D eigenvalue weighted by molar-refractivity contribution is -0.137. The topological polar surface area (TPSA) is 46.3 Å². The zero-order valence-electron chi connectivity index (χ0n) is 9.33. The SMILES string of the molecule is CCCC(CN)C(=O)N(C)C1CCC1. The van der Waals surface area contributed by atoms with Gasteiger partial charge in [0.2, 0.25) is 5.91 Å². The summed E-state index contributed by atoms with van der Waals surface area (Å²) in [5, 5.41) is 0. The first-order valence-corrected chi connectivity index (χ1v) is 5.67. The molecular weight excluding hydrogens is 176 g/mol. The molecule has 14 heavy (non-hydrogen) atoms. The molecule has 0 saturated heterocycles. The van der Waals surface area contributed by atoms with Gasteiger partial charge in [0, 0.05) is 19.6 Å². The van der Waals surface area contributed by atoms with Crippen molar-refractivity contribution in [2.75, 3.05) is 13.6 Å². The Bertz CT molecular complexity index is 186. The fourth-order valence-corrected chi connectivity index (χ4v) is 1.93. The first kappa shape index (κ1) is 11.5. The Hall–Kier alpha value is -0.570. The maximum Gasteiger partial charge on any atom is 0.226 e. The summed E-state index contributed by atoms with van der Waals surface area (Å²) < 4.78 is 0. The molecule has 0 spiro atoms. The third-order valence-corrected chi connectivity index (χ3v) is 3.24. The van der Waals surface area contributed by atoms with Gasteiger partial charge in [-0.05, 0) is 25.7 Å². The van der Waals surface area contributed by atoms with Crippen molar-refractivity contribution in [1.82, 2.24) is 4.90 Å². The van der Waals surface area contributed by atoms with Crippen LogP contribution in [0.25, 0.3) is 0 Å². The smallest absolute Gasteiger partial charge is 0.226 e. The van der Waals surface area contributed by atoms with Gasteiger partial charge in [-0.1, -0.05) is 13.3 Å². The quantitative estimate of drug-likeness (QED) is 0.725. The average molecular weight is 198 g/mol. The molecule has 0 aliphatic heterocycles. The summed E-state index contributed by atoms with van der Waals surface area (Å²) in [6, 6.07) is 0.494. The normalized spacial score (nSPS) is 18.8. The Morgan fingerprint density at radius 2 is 2.21 bits per heavy atom. The van der Waals surface area contributed by atoms with E-state index in [4.69, 9.17) is 5.73 Å². The summed E-state index contributed by atoms with van der Waals surface area (Å²) in [5.74, 6) is 0.296. The molecule has 0 bridgehead atoms. The molecule has 0 aromatic carbocycles. The van der Waals surface area contributed by atoms with Crippen LogP contribution in [0.4, 0.5) is 0 Å². The minimum atomic E-state index is 0.0469. The van der Waals surface area contributed by atoms with Gasteiger partial charge in [0.15, 0.2) is 0 Å². The van der Waals surface area contributed by atoms with Crippen LogP contribution >= 0.6 is 0 Å². The molecule has 0 radical (unpaired) electrons. The Morgan fingerprint density at radius 1 is 1.57 bits per heavy atom. The largest absolute Gasteiger partial charge is 0.342 e. The van der Waals surface area contributed by atoms with Crippen molar-refractivity contribution in [3.63, 3.8) is 0 Å². The molecule has 0 aromatic heterocycles. The Kier molecular flexibility index (Phi) is 4.39. The van der Waals surface area contributed by atoms with Crippen molar-refractivity contribution in [3.8, 4) is 0 Å². The van der Waals surface area contributed by atoms with Crippen LogP contribution in [0.2, 0.25) is 0 Å². The van der Waals surface area contributed by atoms with E-state index in [1.54, 1.807) is 0 Å². The van der Waals surface area contributed by atoms with Crippen LogP contribution in [-0.4, -0.2) is 30.4 Å². The average Bonchev–Trinajstić information content (AvgIpc) is 2.10. The molecule has 1 amide bonds. The summed E-state index contributed by atoms with van der Waals surface area (Å²) in [4.78, 5) is 13.9. The number of hydrogen-bond donors (Lipinski definition) is 1. The Labute approximate surface area is 86.6 Å². The highest BCUT2D eigenvalue weighted by Gasteiger charge is 2.28. The number of hydrogen-bond acceptors (Lipinski definition) is 2. The van der Waals surface area contributed by atoms with Gasteiger partial charge in [-0.2, -0.15) is 0 Å². The van der Waals surface area contributed by atoms with E-state index in [9.17, 15) is 4.79 Å². The van der Waals surface area contributed by atoms with Gasteiger partial charge in [-0.25, -0.2) is 0 Å². The van der Waals surface area contributed by atoms with E-state index in [1.165, 1.54) is 19.3 Å². The Balaban J connectivity index is 2.43. The molecular formula is C11H22N2O. The molecule has 1 atom stereocenters. The van der Waals surface area contributed by atoms with Gasteiger partial charge in [0.05, 0.1) is 5.92 Å². The van der Waals surface area contributed by atoms with Crippen molar-refractivity contribution >= 4 is 5.91 Å². The summed E-state index contributed by atoms with van der Waals surface area (Å²) in [7, 11) is 1.92. The van der Waals surface area contributed by atoms with E-state index in [-0.39, 0.29) is 11.8 Å². The predicted molar refractivity (Wildman–Crippen MR) is 57.9 cm³/mol. The van der Waals surface area contributed by atoms with Crippen molar-refractivity contribution in [2.24, 2.45) is 11.7 Å². The molecule has 1 aliphatic carbocycles. The van der Waals surface area contributed by atoms with Crippen molar-refractivity contribution < 1.29 is 4.79 Å². The summed E-state index contributed by atoms with van der Waals surface area (Å²) >= 11 is 0. The molecule has 2 N–H and O–H groups in total. The van der Waals surface area contributed by atoms with Gasteiger partial charge in [-0.15, -0.1) is 0 Å². The molecule has 1 saturated carbocycles.